The van der Waals surface area contributed by atoms with Gasteiger partial charge in [-0.15, -0.1) is 0 Å². The third-order valence-electron chi connectivity index (χ3n) is 5.74. The standard InChI is InChI=1S/C22H23F3N6O2/c23-22(24,25)18-9-14(1-2-15(18)10-26)11-28-21(32)31-6-3-16-12-27-20(30-19(16)13-31)29-17-4-7-33-8-5-17/h1-2,9,12,17H,3-8,11,13H2,(H,28,32)(H,27,29,30). The van der Waals surface area contributed by atoms with Crippen molar-refractivity contribution in [2.24, 2.45) is 0 Å². The summed E-state index contributed by atoms with van der Waals surface area (Å²) in [6.07, 6.45) is -0.525. The number of carbonyl (C=O) groups is 1. The normalized spacial score (nSPS) is 16.6. The van der Waals surface area contributed by atoms with Gasteiger partial charge in [-0.25, -0.2) is 14.8 Å². The molecule has 11 heteroatoms. The second-order valence-electron chi connectivity index (χ2n) is 8.02. The smallest absolute Gasteiger partial charge is 0.381 e. The minimum absolute atomic E-state index is 0.0860. The van der Waals surface area contributed by atoms with Crippen LogP contribution in [-0.2, 0) is 30.4 Å². The second-order valence-corrected chi connectivity index (χ2v) is 8.02. The van der Waals surface area contributed by atoms with Crippen molar-refractivity contribution < 1.29 is 22.7 Å². The van der Waals surface area contributed by atoms with E-state index in [-0.39, 0.29) is 24.7 Å². The van der Waals surface area contributed by atoms with E-state index in [1.165, 1.54) is 6.07 Å². The van der Waals surface area contributed by atoms with Gasteiger partial charge in [0.15, 0.2) is 0 Å². The van der Waals surface area contributed by atoms with Crippen molar-refractivity contribution in [3.8, 4) is 6.07 Å². The van der Waals surface area contributed by atoms with Crippen molar-refractivity contribution in [1.82, 2.24) is 20.2 Å². The van der Waals surface area contributed by atoms with E-state index in [4.69, 9.17) is 10.00 Å². The number of benzene rings is 1. The highest BCUT2D eigenvalue weighted by molar-refractivity contribution is 5.74. The molecular formula is C22H23F3N6O2. The number of hydrogen-bond acceptors (Lipinski definition) is 6. The molecule has 4 rings (SSSR count). The lowest BCUT2D eigenvalue weighted by molar-refractivity contribution is -0.137. The van der Waals surface area contributed by atoms with Crippen LogP contribution in [-0.4, -0.2) is 46.7 Å². The fraction of sp³-hybridized carbons (Fsp3) is 0.455. The largest absolute Gasteiger partial charge is 0.417 e. The van der Waals surface area contributed by atoms with Crippen molar-refractivity contribution in [2.75, 3.05) is 25.1 Å². The summed E-state index contributed by atoms with van der Waals surface area (Å²) >= 11 is 0. The first-order valence-corrected chi connectivity index (χ1v) is 10.7. The average Bonchev–Trinajstić information content (AvgIpc) is 2.82. The van der Waals surface area contributed by atoms with Crippen LogP contribution in [0.4, 0.5) is 23.9 Å². The average molecular weight is 460 g/mol. The molecule has 8 nitrogen and oxygen atoms in total. The highest BCUT2D eigenvalue weighted by Crippen LogP contribution is 2.32. The number of nitrogens with zero attached hydrogens (tertiary/aromatic N) is 4. The zero-order valence-electron chi connectivity index (χ0n) is 17.8. The molecule has 1 aromatic heterocycles. The van der Waals surface area contributed by atoms with Crippen LogP contribution >= 0.6 is 0 Å². The molecule has 2 amide bonds. The third-order valence-corrected chi connectivity index (χ3v) is 5.74. The van der Waals surface area contributed by atoms with E-state index in [9.17, 15) is 18.0 Å². The Kier molecular flexibility index (Phi) is 6.65. The van der Waals surface area contributed by atoms with Crippen LogP contribution in [0.2, 0.25) is 0 Å². The zero-order valence-corrected chi connectivity index (χ0v) is 17.8. The molecule has 2 aliphatic heterocycles. The monoisotopic (exact) mass is 460 g/mol. The maximum Gasteiger partial charge on any atom is 0.417 e. The van der Waals surface area contributed by atoms with Gasteiger partial charge >= 0.3 is 12.2 Å². The maximum atomic E-state index is 13.2. The lowest BCUT2D eigenvalue weighted by Crippen LogP contribution is -2.43. The molecule has 3 heterocycles. The van der Waals surface area contributed by atoms with E-state index in [2.05, 4.69) is 20.6 Å². The van der Waals surface area contributed by atoms with Gasteiger partial charge in [0.2, 0.25) is 5.95 Å². The molecule has 2 aliphatic rings. The predicted molar refractivity (Wildman–Crippen MR) is 112 cm³/mol. The third kappa shape index (κ3) is 5.51. The Hall–Kier alpha value is -3.39. The highest BCUT2D eigenvalue weighted by atomic mass is 19.4. The van der Waals surface area contributed by atoms with Gasteiger partial charge in [0.05, 0.1) is 29.4 Å². The molecule has 1 aromatic carbocycles. The van der Waals surface area contributed by atoms with Crippen molar-refractivity contribution >= 4 is 12.0 Å². The molecule has 0 bridgehead atoms. The van der Waals surface area contributed by atoms with Gasteiger partial charge in [-0.05, 0) is 42.5 Å². The quantitative estimate of drug-likeness (QED) is 0.726. The number of amides is 2. The first kappa shape index (κ1) is 22.8. The molecule has 2 aromatic rings. The van der Waals surface area contributed by atoms with Crippen LogP contribution < -0.4 is 10.6 Å². The van der Waals surface area contributed by atoms with Gasteiger partial charge in [-0.3, -0.25) is 0 Å². The van der Waals surface area contributed by atoms with Gasteiger partial charge < -0.3 is 20.3 Å². The lowest BCUT2D eigenvalue weighted by atomic mass is 10.0. The molecular weight excluding hydrogens is 437 g/mol. The Bertz CT molecular complexity index is 1060. The van der Waals surface area contributed by atoms with Crippen LogP contribution in [0, 0.1) is 11.3 Å². The number of nitrogens with one attached hydrogen (secondary N) is 2. The fourth-order valence-corrected chi connectivity index (χ4v) is 3.89. The lowest BCUT2D eigenvalue weighted by Gasteiger charge is -2.29. The number of urea groups is 1. The Morgan fingerprint density at radius 1 is 1.30 bits per heavy atom. The summed E-state index contributed by atoms with van der Waals surface area (Å²) in [5.74, 6) is 0.514. The molecule has 0 aliphatic carbocycles. The number of carbonyl (C=O) groups excluding carboxylic acids is 1. The summed E-state index contributed by atoms with van der Waals surface area (Å²) in [5, 5.41) is 14.9. The van der Waals surface area contributed by atoms with Gasteiger partial charge in [-0.2, -0.15) is 18.4 Å². The van der Waals surface area contributed by atoms with E-state index in [1.807, 2.05) is 0 Å². The topological polar surface area (TPSA) is 103 Å². The molecule has 0 saturated carbocycles. The molecule has 1 fully saturated rings. The Morgan fingerprint density at radius 3 is 2.82 bits per heavy atom. The maximum absolute atomic E-state index is 13.2. The number of rotatable bonds is 4. The molecule has 0 atom stereocenters. The van der Waals surface area contributed by atoms with Gasteiger partial charge in [0.1, 0.15) is 0 Å². The Morgan fingerprint density at radius 2 is 2.09 bits per heavy atom. The van der Waals surface area contributed by atoms with Gasteiger partial charge in [0.25, 0.3) is 0 Å². The van der Waals surface area contributed by atoms with Crippen LogP contribution in [0.15, 0.2) is 24.4 Å². The van der Waals surface area contributed by atoms with Crippen LogP contribution in [0.25, 0.3) is 0 Å². The number of nitriles is 1. The second kappa shape index (κ2) is 9.62. The molecule has 174 valence electrons. The Balaban J connectivity index is 1.38. The summed E-state index contributed by atoms with van der Waals surface area (Å²) < 4.78 is 44.8. The summed E-state index contributed by atoms with van der Waals surface area (Å²) in [5.41, 5.74) is 0.523. The van der Waals surface area contributed by atoms with Crippen LogP contribution in [0.1, 0.15) is 40.8 Å². The molecule has 0 radical (unpaired) electrons. The van der Waals surface area contributed by atoms with Crippen molar-refractivity contribution in [3.05, 3.63) is 52.3 Å². The number of aromatic nitrogens is 2. The minimum atomic E-state index is -4.64. The number of hydrogen-bond donors (Lipinski definition) is 2. The van der Waals surface area contributed by atoms with E-state index in [1.54, 1.807) is 17.2 Å². The zero-order chi connectivity index (χ0) is 23.4. The van der Waals surface area contributed by atoms with Crippen LogP contribution in [0.3, 0.4) is 0 Å². The first-order valence-electron chi connectivity index (χ1n) is 10.7. The SMILES string of the molecule is N#Cc1ccc(CNC(=O)N2CCc3cnc(NC4CCOCC4)nc3C2)cc1C(F)(F)F. The van der Waals surface area contributed by atoms with Crippen LogP contribution in [0.5, 0.6) is 0 Å². The Labute approximate surface area is 188 Å². The molecule has 1 saturated heterocycles. The summed E-state index contributed by atoms with van der Waals surface area (Å²) in [6, 6.07) is 4.81. The predicted octanol–water partition coefficient (Wildman–Crippen LogP) is 3.23. The number of ether oxygens (including phenoxy) is 1. The highest BCUT2D eigenvalue weighted by Gasteiger charge is 2.34. The van der Waals surface area contributed by atoms with E-state index >= 15 is 0 Å². The van der Waals surface area contributed by atoms with E-state index in [0.29, 0.717) is 32.1 Å². The van der Waals surface area contributed by atoms with E-state index in [0.717, 1.165) is 36.2 Å². The summed E-state index contributed by atoms with van der Waals surface area (Å²) in [4.78, 5) is 23.2. The summed E-state index contributed by atoms with van der Waals surface area (Å²) in [7, 11) is 0. The summed E-state index contributed by atoms with van der Waals surface area (Å²) in [6.45, 7) is 2.04. The molecule has 33 heavy (non-hydrogen) atoms. The van der Waals surface area contributed by atoms with Crippen molar-refractivity contribution in [2.45, 2.75) is 44.6 Å². The molecule has 0 spiro atoms. The van der Waals surface area contributed by atoms with Gasteiger partial charge in [0, 0.05) is 38.5 Å². The number of fused-ring (bicyclic) bond motifs is 1. The molecule has 0 unspecified atom stereocenters. The fourth-order valence-electron chi connectivity index (χ4n) is 3.89. The van der Waals surface area contributed by atoms with Crippen molar-refractivity contribution in [3.63, 3.8) is 0 Å². The first-order chi connectivity index (χ1) is 15.8. The number of anilines is 1. The molecule has 2 N–H and O–H groups in total. The van der Waals surface area contributed by atoms with E-state index < -0.39 is 23.3 Å². The van der Waals surface area contributed by atoms with Crippen molar-refractivity contribution in [1.29, 1.82) is 5.26 Å². The number of halogens is 3. The van der Waals surface area contributed by atoms with Gasteiger partial charge in [-0.1, -0.05) is 6.07 Å². The minimum Gasteiger partial charge on any atom is -0.381 e. The number of alkyl halides is 3.